The normalized spacial score (nSPS) is 18.6. The number of benzene rings is 3. The highest BCUT2D eigenvalue weighted by atomic mass is 16.5. The fraction of sp³-hybridized carbons (Fsp3) is 0.290. The van der Waals surface area contributed by atoms with Gasteiger partial charge in [0.1, 0.15) is 5.76 Å². The molecule has 1 heterocycles. The highest BCUT2D eigenvalue weighted by molar-refractivity contribution is 6.51. The van der Waals surface area contributed by atoms with E-state index in [-0.39, 0.29) is 11.3 Å². The molecular formula is C31H31NO5. The van der Waals surface area contributed by atoms with Crippen LogP contribution < -0.4 is 14.4 Å². The van der Waals surface area contributed by atoms with Crippen molar-refractivity contribution in [3.8, 4) is 11.5 Å². The number of amides is 1. The van der Waals surface area contributed by atoms with Crippen LogP contribution >= 0.6 is 0 Å². The summed E-state index contributed by atoms with van der Waals surface area (Å²) in [5, 5.41) is 11.6. The summed E-state index contributed by atoms with van der Waals surface area (Å²) in [5.74, 6) is -0.504. The minimum absolute atomic E-state index is 0.0634. The minimum atomic E-state index is -0.831. The molecule has 1 aliphatic carbocycles. The molecule has 1 N–H and O–H groups in total. The molecule has 0 spiro atoms. The summed E-state index contributed by atoms with van der Waals surface area (Å²) in [6.07, 6.45) is 4.20. The van der Waals surface area contributed by atoms with Gasteiger partial charge in [-0.05, 0) is 92.1 Å². The molecule has 0 radical (unpaired) electrons. The minimum Gasteiger partial charge on any atom is -0.507 e. The number of rotatable bonds is 6. The molecule has 1 unspecified atom stereocenters. The van der Waals surface area contributed by atoms with E-state index in [1.54, 1.807) is 25.3 Å². The Bertz CT molecular complexity index is 1410. The molecule has 0 bridgehead atoms. The number of hydrogen-bond donors (Lipinski definition) is 1. The first-order chi connectivity index (χ1) is 17.9. The van der Waals surface area contributed by atoms with Crippen molar-refractivity contribution in [1.82, 2.24) is 0 Å². The van der Waals surface area contributed by atoms with Crippen molar-refractivity contribution in [2.75, 3.05) is 18.6 Å². The summed E-state index contributed by atoms with van der Waals surface area (Å²) >= 11 is 0. The standard InChI is InChI=1S/C31H31NO5/c1-4-37-25-15-14-22(18-26(25)36-3)28-27(29(33)23-13-12-20-9-5-6-10-21(20)17-23)30(34)31(35)32(28)24-11-7-8-19(2)16-24/h7-8,11-18,28,33H,4-6,9-10H2,1-3H3/b29-27+. The first-order valence-electron chi connectivity index (χ1n) is 12.7. The van der Waals surface area contributed by atoms with Gasteiger partial charge in [-0.1, -0.05) is 30.3 Å². The summed E-state index contributed by atoms with van der Waals surface area (Å²) < 4.78 is 11.2. The van der Waals surface area contributed by atoms with Crippen LogP contribution in [0, 0.1) is 6.92 Å². The van der Waals surface area contributed by atoms with E-state index in [0.29, 0.717) is 34.9 Å². The first kappa shape index (κ1) is 24.6. The van der Waals surface area contributed by atoms with Crippen LogP contribution in [0.4, 0.5) is 5.69 Å². The Balaban J connectivity index is 1.70. The van der Waals surface area contributed by atoms with Gasteiger partial charge in [-0.15, -0.1) is 0 Å². The molecule has 190 valence electrons. The second kappa shape index (κ2) is 10.1. The average Bonchev–Trinajstić information content (AvgIpc) is 3.18. The van der Waals surface area contributed by atoms with Crippen LogP contribution in [0.5, 0.6) is 11.5 Å². The number of anilines is 1. The second-order valence-electron chi connectivity index (χ2n) is 9.54. The zero-order chi connectivity index (χ0) is 26.1. The number of methoxy groups -OCH3 is 1. The molecule has 0 aromatic heterocycles. The van der Waals surface area contributed by atoms with Crippen LogP contribution in [0.1, 0.15) is 53.6 Å². The van der Waals surface area contributed by atoms with Gasteiger partial charge in [0.15, 0.2) is 11.5 Å². The van der Waals surface area contributed by atoms with Crippen LogP contribution in [-0.2, 0) is 22.4 Å². The third-order valence-electron chi connectivity index (χ3n) is 7.15. The lowest BCUT2D eigenvalue weighted by atomic mass is 9.88. The van der Waals surface area contributed by atoms with Crippen molar-refractivity contribution in [2.45, 2.75) is 45.6 Å². The van der Waals surface area contributed by atoms with E-state index in [1.165, 1.54) is 16.0 Å². The second-order valence-corrected chi connectivity index (χ2v) is 9.54. The van der Waals surface area contributed by atoms with E-state index in [4.69, 9.17) is 9.47 Å². The SMILES string of the molecule is CCOc1ccc(C2/C(=C(\O)c3ccc4c(c3)CCCC4)C(=O)C(=O)N2c2cccc(C)c2)cc1OC. The molecule has 1 aliphatic heterocycles. The molecule has 1 fully saturated rings. The van der Waals surface area contributed by atoms with Crippen molar-refractivity contribution in [3.63, 3.8) is 0 Å². The van der Waals surface area contributed by atoms with E-state index in [1.807, 2.05) is 56.3 Å². The smallest absolute Gasteiger partial charge is 0.300 e. The quantitative estimate of drug-likeness (QED) is 0.260. The first-order valence-corrected chi connectivity index (χ1v) is 12.7. The summed E-state index contributed by atoms with van der Waals surface area (Å²) in [6.45, 7) is 4.29. The number of nitrogens with zero attached hydrogens (tertiary/aromatic N) is 1. The molecule has 1 amide bonds. The van der Waals surface area contributed by atoms with Crippen LogP contribution in [0.3, 0.4) is 0 Å². The molecule has 3 aromatic rings. The Morgan fingerprint density at radius 2 is 1.76 bits per heavy atom. The van der Waals surface area contributed by atoms with E-state index in [9.17, 15) is 14.7 Å². The molecule has 0 saturated carbocycles. The van der Waals surface area contributed by atoms with Gasteiger partial charge in [-0.3, -0.25) is 14.5 Å². The number of aliphatic hydroxyl groups is 1. The van der Waals surface area contributed by atoms with Crippen molar-refractivity contribution in [2.24, 2.45) is 0 Å². The maximum Gasteiger partial charge on any atom is 0.300 e. The van der Waals surface area contributed by atoms with Crippen LogP contribution in [0.2, 0.25) is 0 Å². The molecule has 2 aliphatic rings. The maximum atomic E-state index is 13.5. The van der Waals surface area contributed by atoms with Gasteiger partial charge in [0.05, 0.1) is 25.3 Å². The van der Waals surface area contributed by atoms with Crippen LogP contribution in [0.25, 0.3) is 5.76 Å². The Labute approximate surface area is 217 Å². The Hall–Kier alpha value is -4.06. The maximum absolute atomic E-state index is 13.5. The topological polar surface area (TPSA) is 76.1 Å². The number of carbonyl (C=O) groups excluding carboxylic acids is 2. The van der Waals surface area contributed by atoms with Crippen molar-refractivity contribution >= 4 is 23.1 Å². The summed E-state index contributed by atoms with van der Waals surface area (Å²) in [5.41, 5.74) is 5.25. The Morgan fingerprint density at radius 3 is 2.49 bits per heavy atom. The highest BCUT2D eigenvalue weighted by Crippen LogP contribution is 2.44. The third kappa shape index (κ3) is 4.48. The predicted octanol–water partition coefficient (Wildman–Crippen LogP) is 5.91. The number of carbonyl (C=O) groups is 2. The lowest BCUT2D eigenvalue weighted by Gasteiger charge is -2.26. The zero-order valence-corrected chi connectivity index (χ0v) is 21.4. The van der Waals surface area contributed by atoms with Crippen LogP contribution in [0.15, 0.2) is 66.2 Å². The molecule has 1 saturated heterocycles. The van der Waals surface area contributed by atoms with Gasteiger partial charge in [-0.25, -0.2) is 0 Å². The number of Topliss-reactive ketones (excluding diaryl/α,β-unsaturated/α-hetero) is 1. The van der Waals surface area contributed by atoms with Crippen molar-refractivity contribution in [3.05, 3.63) is 94.1 Å². The molecular weight excluding hydrogens is 466 g/mol. The molecule has 6 nitrogen and oxygen atoms in total. The largest absolute Gasteiger partial charge is 0.507 e. The van der Waals surface area contributed by atoms with E-state index >= 15 is 0 Å². The van der Waals surface area contributed by atoms with Gasteiger partial charge in [0.2, 0.25) is 0 Å². The molecule has 1 atom stereocenters. The van der Waals surface area contributed by atoms with Crippen molar-refractivity contribution < 1.29 is 24.2 Å². The van der Waals surface area contributed by atoms with Crippen LogP contribution in [-0.4, -0.2) is 30.5 Å². The predicted molar refractivity (Wildman–Crippen MR) is 143 cm³/mol. The summed E-state index contributed by atoms with van der Waals surface area (Å²) in [6, 6.07) is 17.8. The number of aliphatic hydroxyl groups excluding tert-OH is 1. The number of ether oxygens (including phenoxy) is 2. The van der Waals surface area contributed by atoms with E-state index in [2.05, 4.69) is 0 Å². The third-order valence-corrected chi connectivity index (χ3v) is 7.15. The van der Waals surface area contributed by atoms with E-state index in [0.717, 1.165) is 31.2 Å². The molecule has 5 rings (SSSR count). The van der Waals surface area contributed by atoms with Gasteiger partial charge in [0, 0.05) is 11.3 Å². The Morgan fingerprint density at radius 1 is 0.973 bits per heavy atom. The highest BCUT2D eigenvalue weighted by Gasteiger charge is 2.47. The van der Waals surface area contributed by atoms with Crippen molar-refractivity contribution in [1.29, 1.82) is 0 Å². The number of ketones is 1. The van der Waals surface area contributed by atoms with Gasteiger partial charge in [-0.2, -0.15) is 0 Å². The van der Waals surface area contributed by atoms with Gasteiger partial charge < -0.3 is 14.6 Å². The molecule has 37 heavy (non-hydrogen) atoms. The lowest BCUT2D eigenvalue weighted by Crippen LogP contribution is -2.29. The lowest BCUT2D eigenvalue weighted by molar-refractivity contribution is -0.132. The number of hydrogen-bond acceptors (Lipinski definition) is 5. The summed E-state index contributed by atoms with van der Waals surface area (Å²) in [7, 11) is 1.55. The fourth-order valence-electron chi connectivity index (χ4n) is 5.36. The molecule has 3 aromatic carbocycles. The monoisotopic (exact) mass is 497 g/mol. The zero-order valence-electron chi connectivity index (χ0n) is 21.4. The van der Waals surface area contributed by atoms with Gasteiger partial charge in [0.25, 0.3) is 11.7 Å². The Kier molecular flexibility index (Phi) is 6.74. The summed E-state index contributed by atoms with van der Waals surface area (Å²) in [4.78, 5) is 28.5. The molecule has 6 heteroatoms. The number of fused-ring (bicyclic) bond motifs is 1. The fourth-order valence-corrected chi connectivity index (χ4v) is 5.36. The average molecular weight is 498 g/mol. The van der Waals surface area contributed by atoms with E-state index < -0.39 is 17.7 Å². The van der Waals surface area contributed by atoms with Gasteiger partial charge >= 0.3 is 0 Å². The number of aryl methyl sites for hydroxylation is 3.